The highest BCUT2D eigenvalue weighted by atomic mass is 32.1. The highest BCUT2D eigenvalue weighted by molar-refractivity contribution is 7.14. The second-order valence-corrected chi connectivity index (χ2v) is 7.75. The molecule has 24 heavy (non-hydrogen) atoms. The molecule has 0 fully saturated rings. The molecule has 0 aliphatic heterocycles. The van der Waals surface area contributed by atoms with E-state index in [2.05, 4.69) is 28.6 Å². The predicted molar refractivity (Wildman–Crippen MR) is 103 cm³/mol. The van der Waals surface area contributed by atoms with Crippen LogP contribution in [0.1, 0.15) is 35.5 Å². The van der Waals surface area contributed by atoms with Gasteiger partial charge in [0.1, 0.15) is 10.7 Å². The Hall–Kier alpha value is -1.98. The summed E-state index contributed by atoms with van der Waals surface area (Å²) in [4.78, 5) is 19.5. The van der Waals surface area contributed by atoms with Crippen LogP contribution in [0.2, 0.25) is 0 Å². The zero-order valence-electron chi connectivity index (χ0n) is 14.2. The number of benzene rings is 1. The van der Waals surface area contributed by atoms with E-state index in [4.69, 9.17) is 0 Å². The van der Waals surface area contributed by atoms with Crippen LogP contribution in [0.15, 0.2) is 40.4 Å². The molecule has 3 aromatic rings. The molecular formula is C19H20N2OS2. The molecule has 0 aliphatic rings. The molecule has 0 radical (unpaired) electrons. The van der Waals surface area contributed by atoms with Crippen LogP contribution in [-0.2, 0) is 0 Å². The van der Waals surface area contributed by atoms with Gasteiger partial charge in [-0.25, -0.2) is 4.98 Å². The molecule has 5 heteroatoms. The number of carbonyl (C=O) groups excluding carboxylic acids is 1. The summed E-state index contributed by atoms with van der Waals surface area (Å²) in [6.45, 7) is 8.15. The van der Waals surface area contributed by atoms with Gasteiger partial charge in [-0.2, -0.15) is 11.3 Å². The van der Waals surface area contributed by atoms with E-state index in [1.165, 1.54) is 11.3 Å². The molecule has 0 bridgehead atoms. The SMILES string of the molecule is Cc1ccc(C)c(N(C(=O)c2csc(-c3ccsc3)n2)C(C)C)c1. The maximum Gasteiger partial charge on any atom is 0.278 e. The molecule has 0 saturated heterocycles. The molecule has 0 saturated carbocycles. The summed E-state index contributed by atoms with van der Waals surface area (Å²) < 4.78 is 0. The van der Waals surface area contributed by atoms with E-state index in [0.29, 0.717) is 5.69 Å². The van der Waals surface area contributed by atoms with Crippen molar-refractivity contribution in [2.24, 2.45) is 0 Å². The number of nitrogens with zero attached hydrogens (tertiary/aromatic N) is 2. The average Bonchev–Trinajstić information content (AvgIpc) is 3.20. The third kappa shape index (κ3) is 3.28. The van der Waals surface area contributed by atoms with E-state index in [0.717, 1.165) is 27.4 Å². The molecule has 2 heterocycles. The number of aromatic nitrogens is 1. The van der Waals surface area contributed by atoms with Gasteiger partial charge in [0, 0.05) is 28.1 Å². The Bertz CT molecular complexity index is 850. The molecule has 0 aliphatic carbocycles. The minimum absolute atomic E-state index is 0.0450. The molecule has 0 spiro atoms. The fourth-order valence-corrected chi connectivity index (χ4v) is 4.12. The van der Waals surface area contributed by atoms with Crippen LogP contribution in [0.4, 0.5) is 5.69 Å². The summed E-state index contributed by atoms with van der Waals surface area (Å²) in [7, 11) is 0. The normalized spacial score (nSPS) is 11.0. The molecule has 124 valence electrons. The van der Waals surface area contributed by atoms with Crippen LogP contribution in [0, 0.1) is 13.8 Å². The van der Waals surface area contributed by atoms with E-state index in [1.807, 2.05) is 49.4 Å². The first-order valence-corrected chi connectivity index (χ1v) is 9.68. The van der Waals surface area contributed by atoms with Gasteiger partial charge in [0.15, 0.2) is 0 Å². The Morgan fingerprint density at radius 2 is 1.96 bits per heavy atom. The number of amides is 1. The largest absolute Gasteiger partial charge is 0.304 e. The quantitative estimate of drug-likeness (QED) is 0.614. The van der Waals surface area contributed by atoms with E-state index in [-0.39, 0.29) is 11.9 Å². The van der Waals surface area contributed by atoms with Crippen molar-refractivity contribution in [3.63, 3.8) is 0 Å². The van der Waals surface area contributed by atoms with Gasteiger partial charge in [0.25, 0.3) is 5.91 Å². The van der Waals surface area contributed by atoms with Crippen molar-refractivity contribution in [2.45, 2.75) is 33.7 Å². The van der Waals surface area contributed by atoms with Crippen molar-refractivity contribution in [2.75, 3.05) is 4.90 Å². The van der Waals surface area contributed by atoms with Gasteiger partial charge >= 0.3 is 0 Å². The minimum Gasteiger partial charge on any atom is -0.304 e. The van der Waals surface area contributed by atoms with Crippen molar-refractivity contribution in [3.8, 4) is 10.6 Å². The first-order valence-electron chi connectivity index (χ1n) is 7.86. The van der Waals surface area contributed by atoms with Crippen LogP contribution >= 0.6 is 22.7 Å². The van der Waals surface area contributed by atoms with Crippen molar-refractivity contribution in [1.29, 1.82) is 0 Å². The lowest BCUT2D eigenvalue weighted by atomic mass is 10.1. The highest BCUT2D eigenvalue weighted by Gasteiger charge is 2.24. The van der Waals surface area contributed by atoms with Crippen LogP contribution in [0.3, 0.4) is 0 Å². The van der Waals surface area contributed by atoms with Crippen LogP contribution in [-0.4, -0.2) is 16.9 Å². The van der Waals surface area contributed by atoms with Gasteiger partial charge in [-0.05, 0) is 56.3 Å². The van der Waals surface area contributed by atoms with Crippen molar-refractivity contribution in [1.82, 2.24) is 4.98 Å². The highest BCUT2D eigenvalue weighted by Crippen LogP contribution is 2.29. The molecule has 0 atom stereocenters. The molecule has 0 N–H and O–H groups in total. The smallest absolute Gasteiger partial charge is 0.278 e. The van der Waals surface area contributed by atoms with E-state index in [9.17, 15) is 4.79 Å². The Morgan fingerprint density at radius 1 is 1.17 bits per heavy atom. The van der Waals surface area contributed by atoms with Crippen LogP contribution < -0.4 is 4.90 Å². The predicted octanol–water partition coefficient (Wildman–Crippen LogP) is 5.54. The summed E-state index contributed by atoms with van der Waals surface area (Å²) >= 11 is 3.15. The first-order chi connectivity index (χ1) is 11.5. The maximum absolute atomic E-state index is 13.1. The van der Waals surface area contributed by atoms with E-state index in [1.54, 1.807) is 11.3 Å². The molecular weight excluding hydrogens is 336 g/mol. The van der Waals surface area contributed by atoms with Crippen LogP contribution in [0.25, 0.3) is 10.6 Å². The van der Waals surface area contributed by atoms with Crippen LogP contribution in [0.5, 0.6) is 0 Å². The van der Waals surface area contributed by atoms with Gasteiger partial charge in [0.2, 0.25) is 0 Å². The summed E-state index contributed by atoms with van der Waals surface area (Å²) in [5, 5.41) is 6.83. The molecule has 2 aromatic heterocycles. The van der Waals surface area contributed by atoms with Gasteiger partial charge in [-0.15, -0.1) is 11.3 Å². The first kappa shape index (κ1) is 16.9. The minimum atomic E-state index is -0.0450. The third-order valence-electron chi connectivity index (χ3n) is 3.85. The molecule has 1 aromatic carbocycles. The van der Waals surface area contributed by atoms with Gasteiger partial charge in [0.05, 0.1) is 0 Å². The number of thiazole rings is 1. The lowest BCUT2D eigenvalue weighted by molar-refractivity contribution is 0.0976. The van der Waals surface area contributed by atoms with Crippen molar-refractivity contribution in [3.05, 3.63) is 57.2 Å². The molecule has 1 amide bonds. The molecule has 3 nitrogen and oxygen atoms in total. The Morgan fingerprint density at radius 3 is 2.62 bits per heavy atom. The molecule has 0 unspecified atom stereocenters. The number of rotatable bonds is 4. The van der Waals surface area contributed by atoms with Crippen molar-refractivity contribution >= 4 is 34.3 Å². The zero-order valence-corrected chi connectivity index (χ0v) is 15.9. The third-order valence-corrected chi connectivity index (χ3v) is 5.43. The standard InChI is InChI=1S/C19H20N2OS2/c1-12(2)21(17-9-13(3)5-6-14(17)4)19(22)16-11-24-18(20-16)15-7-8-23-10-15/h5-12H,1-4H3. The Balaban J connectivity index is 1.97. The number of aryl methyl sites for hydroxylation is 2. The zero-order chi connectivity index (χ0) is 17.3. The monoisotopic (exact) mass is 356 g/mol. The number of hydrogen-bond acceptors (Lipinski definition) is 4. The summed E-state index contributed by atoms with van der Waals surface area (Å²) in [6.07, 6.45) is 0. The lowest BCUT2D eigenvalue weighted by Gasteiger charge is -2.28. The lowest BCUT2D eigenvalue weighted by Crippen LogP contribution is -2.37. The Kier molecular flexibility index (Phi) is 4.83. The fraction of sp³-hybridized carbons (Fsp3) is 0.263. The summed E-state index contributed by atoms with van der Waals surface area (Å²) in [5.41, 5.74) is 4.78. The topological polar surface area (TPSA) is 33.2 Å². The van der Waals surface area contributed by atoms with Gasteiger partial charge in [-0.3, -0.25) is 4.79 Å². The van der Waals surface area contributed by atoms with E-state index >= 15 is 0 Å². The number of hydrogen-bond donors (Lipinski definition) is 0. The summed E-state index contributed by atoms with van der Waals surface area (Å²) in [6, 6.07) is 8.29. The second kappa shape index (κ2) is 6.87. The number of thiophene rings is 1. The second-order valence-electron chi connectivity index (χ2n) is 6.11. The number of anilines is 1. The van der Waals surface area contributed by atoms with Gasteiger partial charge < -0.3 is 4.90 Å². The van der Waals surface area contributed by atoms with Gasteiger partial charge in [-0.1, -0.05) is 12.1 Å². The number of carbonyl (C=O) groups is 1. The maximum atomic E-state index is 13.1. The fourth-order valence-electron chi connectivity index (χ4n) is 2.62. The van der Waals surface area contributed by atoms with Crippen molar-refractivity contribution < 1.29 is 4.79 Å². The Labute approximate surface area is 150 Å². The summed E-state index contributed by atoms with van der Waals surface area (Å²) in [5.74, 6) is -0.0450. The average molecular weight is 357 g/mol. The molecule has 3 rings (SSSR count). The van der Waals surface area contributed by atoms with E-state index < -0.39 is 0 Å².